The number of hydrogen-bond acceptors (Lipinski definition) is 4. The SMILES string of the molecule is C[C@H](NC(=O)Nc1ccccc1)C(=O)OCC(=O)Nc1ccccc1-c1ccccc1. The molecule has 0 spiro atoms. The van der Waals surface area contributed by atoms with Crippen LogP contribution in [0.15, 0.2) is 84.9 Å². The van der Waals surface area contributed by atoms with E-state index in [9.17, 15) is 14.4 Å². The summed E-state index contributed by atoms with van der Waals surface area (Å²) in [6.45, 7) is 1.02. The zero-order valence-electron chi connectivity index (χ0n) is 17.0. The zero-order valence-corrected chi connectivity index (χ0v) is 17.0. The highest BCUT2D eigenvalue weighted by Gasteiger charge is 2.18. The fourth-order valence-corrected chi connectivity index (χ4v) is 2.85. The van der Waals surface area contributed by atoms with Crippen molar-refractivity contribution in [3.63, 3.8) is 0 Å². The van der Waals surface area contributed by atoms with Crippen molar-refractivity contribution in [1.82, 2.24) is 5.32 Å². The number of amides is 3. The average Bonchev–Trinajstić information content (AvgIpc) is 2.79. The molecule has 0 radical (unpaired) electrons. The Morgan fingerprint density at radius 3 is 2.13 bits per heavy atom. The molecule has 158 valence electrons. The van der Waals surface area contributed by atoms with Gasteiger partial charge in [0.2, 0.25) is 0 Å². The second kappa shape index (κ2) is 10.6. The Labute approximate surface area is 180 Å². The Balaban J connectivity index is 1.49. The molecule has 0 unspecified atom stereocenters. The van der Waals surface area contributed by atoms with E-state index in [1.54, 1.807) is 30.3 Å². The number of para-hydroxylation sites is 2. The topological polar surface area (TPSA) is 96.5 Å². The lowest BCUT2D eigenvalue weighted by Gasteiger charge is -2.15. The first-order valence-electron chi connectivity index (χ1n) is 9.76. The molecule has 0 fully saturated rings. The third-order valence-corrected chi connectivity index (χ3v) is 4.36. The lowest BCUT2D eigenvalue weighted by atomic mass is 10.0. The van der Waals surface area contributed by atoms with Crippen molar-refractivity contribution in [2.75, 3.05) is 17.2 Å². The van der Waals surface area contributed by atoms with Gasteiger partial charge in [-0.3, -0.25) is 4.79 Å². The van der Waals surface area contributed by atoms with Gasteiger partial charge in [-0.15, -0.1) is 0 Å². The van der Waals surface area contributed by atoms with Crippen molar-refractivity contribution in [1.29, 1.82) is 0 Å². The van der Waals surface area contributed by atoms with Crippen LogP contribution in [0.1, 0.15) is 6.92 Å². The van der Waals surface area contributed by atoms with Crippen LogP contribution in [-0.2, 0) is 14.3 Å². The van der Waals surface area contributed by atoms with Gasteiger partial charge in [-0.05, 0) is 30.7 Å². The first kappa shape index (κ1) is 21.6. The lowest BCUT2D eigenvalue weighted by molar-refractivity contribution is -0.148. The average molecular weight is 417 g/mol. The highest BCUT2D eigenvalue weighted by atomic mass is 16.5. The molecule has 7 nitrogen and oxygen atoms in total. The van der Waals surface area contributed by atoms with Crippen LogP contribution in [0.5, 0.6) is 0 Å². The smallest absolute Gasteiger partial charge is 0.328 e. The van der Waals surface area contributed by atoms with E-state index in [1.807, 2.05) is 54.6 Å². The molecular formula is C24H23N3O4. The molecule has 0 saturated heterocycles. The molecule has 0 saturated carbocycles. The zero-order chi connectivity index (χ0) is 22.1. The Hall–Kier alpha value is -4.13. The van der Waals surface area contributed by atoms with E-state index >= 15 is 0 Å². The van der Waals surface area contributed by atoms with E-state index < -0.39 is 30.6 Å². The minimum Gasteiger partial charge on any atom is -0.454 e. The van der Waals surface area contributed by atoms with Crippen molar-refractivity contribution in [2.24, 2.45) is 0 Å². The summed E-state index contributed by atoms with van der Waals surface area (Å²) in [4.78, 5) is 36.4. The standard InChI is InChI=1S/C24H23N3O4/c1-17(25-24(30)26-19-12-6-3-7-13-19)23(29)31-16-22(28)27-21-15-9-8-14-20(21)18-10-4-2-5-11-18/h2-15,17H,16H2,1H3,(H,27,28)(H2,25,26,30)/t17-/m0/s1. The van der Waals surface area contributed by atoms with Gasteiger partial charge >= 0.3 is 12.0 Å². The Bertz CT molecular complexity index is 1040. The highest BCUT2D eigenvalue weighted by molar-refractivity contribution is 5.97. The van der Waals surface area contributed by atoms with E-state index in [0.29, 0.717) is 11.4 Å². The highest BCUT2D eigenvalue weighted by Crippen LogP contribution is 2.27. The van der Waals surface area contributed by atoms with E-state index in [-0.39, 0.29) is 0 Å². The van der Waals surface area contributed by atoms with Crippen LogP contribution in [-0.4, -0.2) is 30.6 Å². The van der Waals surface area contributed by atoms with Crippen LogP contribution in [0.3, 0.4) is 0 Å². The predicted molar refractivity (Wildman–Crippen MR) is 120 cm³/mol. The van der Waals surface area contributed by atoms with E-state index in [2.05, 4.69) is 16.0 Å². The van der Waals surface area contributed by atoms with Gasteiger partial charge in [0.1, 0.15) is 6.04 Å². The molecule has 0 aromatic heterocycles. The summed E-state index contributed by atoms with van der Waals surface area (Å²) in [6.07, 6.45) is 0. The van der Waals surface area contributed by atoms with Crippen molar-refractivity contribution in [2.45, 2.75) is 13.0 Å². The largest absolute Gasteiger partial charge is 0.454 e. The number of rotatable bonds is 7. The van der Waals surface area contributed by atoms with Crippen LogP contribution in [0, 0.1) is 0 Å². The van der Waals surface area contributed by atoms with Gasteiger partial charge in [0.15, 0.2) is 6.61 Å². The van der Waals surface area contributed by atoms with Gasteiger partial charge in [-0.2, -0.15) is 0 Å². The summed E-state index contributed by atoms with van der Waals surface area (Å²) in [5.74, 6) is -1.19. The van der Waals surface area contributed by atoms with E-state index in [1.165, 1.54) is 6.92 Å². The number of carbonyl (C=O) groups is 3. The molecule has 3 aromatic carbocycles. The van der Waals surface area contributed by atoms with Gasteiger partial charge in [0.25, 0.3) is 5.91 Å². The van der Waals surface area contributed by atoms with Crippen molar-refractivity contribution in [3.05, 3.63) is 84.9 Å². The number of benzene rings is 3. The molecular weight excluding hydrogens is 394 g/mol. The number of hydrogen-bond donors (Lipinski definition) is 3. The number of urea groups is 1. The maximum atomic E-state index is 12.3. The van der Waals surface area contributed by atoms with Gasteiger partial charge in [0.05, 0.1) is 0 Å². The first-order valence-corrected chi connectivity index (χ1v) is 9.76. The molecule has 0 heterocycles. The summed E-state index contributed by atoms with van der Waals surface area (Å²) in [6, 6.07) is 24.4. The molecule has 3 amide bonds. The molecule has 31 heavy (non-hydrogen) atoms. The summed E-state index contributed by atoms with van der Waals surface area (Å²) < 4.78 is 5.04. The van der Waals surface area contributed by atoms with Crippen molar-refractivity contribution >= 4 is 29.3 Å². The van der Waals surface area contributed by atoms with Crippen LogP contribution in [0.25, 0.3) is 11.1 Å². The van der Waals surface area contributed by atoms with Gasteiger partial charge in [0, 0.05) is 16.9 Å². The van der Waals surface area contributed by atoms with Gasteiger partial charge in [-0.1, -0.05) is 66.7 Å². The van der Waals surface area contributed by atoms with Crippen molar-refractivity contribution < 1.29 is 19.1 Å². The monoisotopic (exact) mass is 417 g/mol. The molecule has 1 atom stereocenters. The Morgan fingerprint density at radius 2 is 1.42 bits per heavy atom. The summed E-state index contributed by atoms with van der Waals surface area (Å²) >= 11 is 0. The number of esters is 1. The summed E-state index contributed by atoms with van der Waals surface area (Å²) in [7, 11) is 0. The molecule has 3 rings (SSSR count). The third kappa shape index (κ3) is 6.43. The maximum Gasteiger partial charge on any atom is 0.328 e. The number of anilines is 2. The minimum absolute atomic E-state index is 0.464. The Kier molecular flexibility index (Phi) is 7.37. The molecule has 0 aliphatic carbocycles. The molecule has 3 N–H and O–H groups in total. The number of carbonyl (C=O) groups excluding carboxylic acids is 3. The summed E-state index contributed by atoms with van der Waals surface area (Å²) in [5, 5.41) is 7.85. The minimum atomic E-state index is -0.923. The molecule has 0 aliphatic heterocycles. The maximum absolute atomic E-state index is 12.3. The molecule has 0 bridgehead atoms. The molecule has 0 aliphatic rings. The lowest BCUT2D eigenvalue weighted by Crippen LogP contribution is -2.42. The van der Waals surface area contributed by atoms with Crippen LogP contribution >= 0.6 is 0 Å². The fraction of sp³-hybridized carbons (Fsp3) is 0.125. The van der Waals surface area contributed by atoms with E-state index in [4.69, 9.17) is 4.74 Å². The molecule has 7 heteroatoms. The van der Waals surface area contributed by atoms with E-state index in [0.717, 1.165) is 11.1 Å². The van der Waals surface area contributed by atoms with Gasteiger partial charge < -0.3 is 20.7 Å². The second-order valence-corrected chi connectivity index (χ2v) is 6.75. The number of nitrogens with one attached hydrogen (secondary N) is 3. The van der Waals surface area contributed by atoms with Crippen molar-refractivity contribution in [3.8, 4) is 11.1 Å². The normalized spacial score (nSPS) is 11.1. The molecule has 3 aromatic rings. The van der Waals surface area contributed by atoms with Crippen LogP contribution in [0.2, 0.25) is 0 Å². The van der Waals surface area contributed by atoms with Crippen LogP contribution < -0.4 is 16.0 Å². The summed E-state index contributed by atoms with van der Waals surface area (Å²) in [5.41, 5.74) is 3.02. The second-order valence-electron chi connectivity index (χ2n) is 6.75. The first-order chi connectivity index (χ1) is 15.0. The van der Waals surface area contributed by atoms with Crippen LogP contribution in [0.4, 0.5) is 16.2 Å². The van der Waals surface area contributed by atoms with Gasteiger partial charge in [-0.25, -0.2) is 9.59 Å². The third-order valence-electron chi connectivity index (χ3n) is 4.36. The fourth-order valence-electron chi connectivity index (χ4n) is 2.85. The Morgan fingerprint density at radius 1 is 0.806 bits per heavy atom. The predicted octanol–water partition coefficient (Wildman–Crippen LogP) is 4.05. The quantitative estimate of drug-likeness (QED) is 0.506. The number of ether oxygens (including phenoxy) is 1.